The number of benzene rings is 5. The van der Waals surface area contributed by atoms with E-state index in [1.165, 1.54) is 60.4 Å². The number of anilines is 7. The Balaban J connectivity index is 1.29. The summed E-state index contributed by atoms with van der Waals surface area (Å²) in [6, 6.07) is 40.8. The second-order valence-electron chi connectivity index (χ2n) is 15.3. The van der Waals surface area contributed by atoms with Gasteiger partial charge in [0.05, 0.1) is 23.3 Å². The van der Waals surface area contributed by atoms with E-state index in [2.05, 4.69) is 183 Å². The van der Waals surface area contributed by atoms with Gasteiger partial charge < -0.3 is 4.90 Å². The summed E-state index contributed by atoms with van der Waals surface area (Å²) in [7, 11) is 0. The van der Waals surface area contributed by atoms with Gasteiger partial charge in [-0.3, -0.25) is 4.90 Å². The van der Waals surface area contributed by atoms with Crippen molar-refractivity contribution in [1.29, 1.82) is 0 Å². The molecule has 6 heteroatoms. The molecule has 4 heterocycles. The van der Waals surface area contributed by atoms with Gasteiger partial charge in [-0.25, -0.2) is 9.55 Å². The Kier molecular flexibility index (Phi) is 7.92. The molecule has 5 aromatic carbocycles. The Labute approximate surface area is 312 Å². The zero-order valence-corrected chi connectivity index (χ0v) is 31.9. The lowest BCUT2D eigenvalue weighted by molar-refractivity contribution is -0.699. The van der Waals surface area contributed by atoms with Crippen molar-refractivity contribution < 1.29 is 4.57 Å². The number of hydrogen-bond donors (Lipinski definition) is 0. The Morgan fingerprint density at radius 2 is 1.17 bits per heavy atom. The van der Waals surface area contributed by atoms with Gasteiger partial charge in [0.2, 0.25) is 12.0 Å². The van der Waals surface area contributed by atoms with Crippen LogP contribution in [0.5, 0.6) is 0 Å². The molecule has 3 aliphatic heterocycles. The summed E-state index contributed by atoms with van der Waals surface area (Å²) in [6.07, 6.45) is 4.02. The summed E-state index contributed by atoms with van der Waals surface area (Å²) in [5.74, 6) is 3.21. The summed E-state index contributed by atoms with van der Waals surface area (Å²) >= 11 is 1.85. The van der Waals surface area contributed by atoms with Crippen LogP contribution >= 0.6 is 11.8 Å². The highest BCUT2D eigenvalue weighted by Gasteiger charge is 2.54. The van der Waals surface area contributed by atoms with E-state index in [0.717, 1.165) is 17.3 Å². The normalized spacial score (nSPS) is 17.1. The van der Waals surface area contributed by atoms with Gasteiger partial charge in [-0.2, -0.15) is 4.90 Å². The van der Waals surface area contributed by atoms with Crippen LogP contribution in [-0.2, 0) is 0 Å². The molecule has 2 unspecified atom stereocenters. The molecule has 0 spiro atoms. The van der Waals surface area contributed by atoms with Gasteiger partial charge >= 0.3 is 5.82 Å². The third-order valence-corrected chi connectivity index (χ3v) is 12.2. The van der Waals surface area contributed by atoms with Crippen LogP contribution in [0.3, 0.4) is 0 Å². The van der Waals surface area contributed by atoms with Gasteiger partial charge in [-0.05, 0) is 72.2 Å². The van der Waals surface area contributed by atoms with Crippen LogP contribution in [0.2, 0.25) is 0 Å². The van der Waals surface area contributed by atoms with E-state index in [0.29, 0.717) is 17.8 Å². The van der Waals surface area contributed by atoms with Crippen molar-refractivity contribution in [1.82, 2.24) is 4.98 Å². The maximum absolute atomic E-state index is 5.26. The largest absolute Gasteiger partial charge is 0.328 e. The lowest BCUT2D eigenvalue weighted by Gasteiger charge is -2.36. The first-order valence-corrected chi connectivity index (χ1v) is 19.6. The first kappa shape index (κ1) is 32.8. The molecule has 0 fully saturated rings. The van der Waals surface area contributed by atoms with Crippen molar-refractivity contribution in [3.8, 4) is 0 Å². The molecule has 6 aromatic rings. The molecule has 1 aromatic heterocycles. The second-order valence-corrected chi connectivity index (χ2v) is 16.4. The molecule has 9 rings (SSSR count). The number of nitrogens with zero attached hydrogens (tertiary/aromatic N) is 5. The minimum atomic E-state index is -0.148. The number of fused-ring (bicyclic) bond motifs is 4. The van der Waals surface area contributed by atoms with Crippen LogP contribution in [0.1, 0.15) is 106 Å². The number of rotatable bonds is 6. The Morgan fingerprint density at radius 3 is 1.77 bits per heavy atom. The van der Waals surface area contributed by atoms with E-state index in [4.69, 9.17) is 4.98 Å². The zero-order valence-electron chi connectivity index (χ0n) is 31.1. The van der Waals surface area contributed by atoms with Crippen molar-refractivity contribution in [2.24, 2.45) is 0 Å². The highest BCUT2D eigenvalue weighted by atomic mass is 32.2. The summed E-state index contributed by atoms with van der Waals surface area (Å²) in [5, 5.41) is 0. The molecule has 0 saturated carbocycles. The van der Waals surface area contributed by atoms with Crippen LogP contribution < -0.4 is 19.3 Å². The molecule has 0 N–H and O–H groups in total. The summed E-state index contributed by atoms with van der Waals surface area (Å²) in [5.41, 5.74) is 12.8. The molecule has 52 heavy (non-hydrogen) atoms. The molecule has 3 aliphatic rings. The zero-order chi connectivity index (χ0) is 35.8. The standard InChI is InChI=1S/C46H46N5S/c1-28(2)34-14-12-15-35(29(3)4)42(34)50-44-46-48(27-26-47-44)31(7)37-17-13-16-36(30(5)6)43(37)51(46)45(50)32-22-24-33(25-23-32)49-38-18-8-10-20-40(38)52-41-21-11-9-19-39(41)49/h8-31,45H,1-7H3/q+1. The molecule has 0 amide bonds. The lowest BCUT2D eigenvalue weighted by Crippen LogP contribution is -2.47. The van der Waals surface area contributed by atoms with E-state index in [1.807, 2.05) is 18.0 Å². The minimum absolute atomic E-state index is 0.148. The van der Waals surface area contributed by atoms with Crippen LogP contribution in [0.15, 0.2) is 131 Å². The third kappa shape index (κ3) is 4.91. The van der Waals surface area contributed by atoms with E-state index in [-0.39, 0.29) is 12.2 Å². The summed E-state index contributed by atoms with van der Waals surface area (Å²) < 4.78 is 2.45. The highest BCUT2D eigenvalue weighted by molar-refractivity contribution is 7.99. The second kappa shape index (κ2) is 12.6. The molecule has 260 valence electrons. The fraction of sp³-hybridized carbons (Fsp3) is 0.261. The Morgan fingerprint density at radius 1 is 0.615 bits per heavy atom. The first-order chi connectivity index (χ1) is 25.2. The molecule has 0 saturated heterocycles. The molecule has 2 atom stereocenters. The topological polar surface area (TPSA) is 26.5 Å². The van der Waals surface area contributed by atoms with Crippen molar-refractivity contribution >= 4 is 51.8 Å². The maximum Gasteiger partial charge on any atom is 0.328 e. The van der Waals surface area contributed by atoms with Crippen molar-refractivity contribution in [3.05, 3.63) is 149 Å². The maximum atomic E-state index is 5.26. The van der Waals surface area contributed by atoms with E-state index < -0.39 is 0 Å². The summed E-state index contributed by atoms with van der Waals surface area (Å²) in [6.45, 7) is 16.3. The van der Waals surface area contributed by atoms with Gasteiger partial charge in [0, 0.05) is 32.2 Å². The van der Waals surface area contributed by atoms with Gasteiger partial charge in [0.1, 0.15) is 17.9 Å². The van der Waals surface area contributed by atoms with E-state index in [1.54, 1.807) is 0 Å². The molecule has 0 radical (unpaired) electrons. The van der Waals surface area contributed by atoms with Gasteiger partial charge in [0.15, 0.2) is 0 Å². The average Bonchev–Trinajstić information content (AvgIpc) is 3.50. The molecule has 0 bridgehead atoms. The van der Waals surface area contributed by atoms with Crippen LogP contribution in [0, 0.1) is 0 Å². The smallest absolute Gasteiger partial charge is 0.308 e. The molecule has 5 nitrogen and oxygen atoms in total. The van der Waals surface area contributed by atoms with E-state index >= 15 is 0 Å². The fourth-order valence-corrected chi connectivity index (χ4v) is 9.67. The van der Waals surface area contributed by atoms with Crippen molar-refractivity contribution in [3.63, 3.8) is 0 Å². The van der Waals surface area contributed by atoms with Gasteiger partial charge in [-0.15, -0.1) is 0 Å². The number of hydrogen-bond acceptors (Lipinski definition) is 5. The minimum Gasteiger partial charge on any atom is -0.308 e. The first-order valence-electron chi connectivity index (χ1n) is 18.7. The number of para-hydroxylation sites is 4. The molecular formula is C46H46N5S+. The van der Waals surface area contributed by atoms with Gasteiger partial charge in [0.25, 0.3) is 0 Å². The predicted molar refractivity (Wildman–Crippen MR) is 216 cm³/mol. The summed E-state index contributed by atoms with van der Waals surface area (Å²) in [4.78, 5) is 15.4. The van der Waals surface area contributed by atoms with Gasteiger partial charge in [-0.1, -0.05) is 126 Å². The monoisotopic (exact) mass is 700 g/mol. The van der Waals surface area contributed by atoms with Crippen LogP contribution in [-0.4, -0.2) is 4.98 Å². The SMILES string of the molecule is CC(C)c1cccc(C(C)C)c1N1c2ncc[n+]3c2N(c2c(C(C)C)cccc2C3C)C1c1ccc(N2c3ccccc3Sc3ccccc32)cc1. The lowest BCUT2D eigenvalue weighted by atomic mass is 9.91. The number of aromatic nitrogens is 2. The third-order valence-electron chi connectivity index (χ3n) is 11.1. The molecule has 0 aliphatic carbocycles. The van der Waals surface area contributed by atoms with E-state index in [9.17, 15) is 0 Å². The highest BCUT2D eigenvalue weighted by Crippen LogP contribution is 2.58. The Bertz CT molecular complexity index is 2260. The fourth-order valence-electron chi connectivity index (χ4n) is 8.62. The van der Waals surface area contributed by atoms with Crippen molar-refractivity contribution in [2.45, 2.75) is 88.2 Å². The predicted octanol–water partition coefficient (Wildman–Crippen LogP) is 12.6. The quantitative estimate of drug-likeness (QED) is 0.161. The molecular weight excluding hydrogens is 655 g/mol. The van der Waals surface area contributed by atoms with Crippen LogP contribution in [0.4, 0.5) is 40.1 Å². The van der Waals surface area contributed by atoms with Crippen LogP contribution in [0.25, 0.3) is 0 Å². The van der Waals surface area contributed by atoms with Crippen molar-refractivity contribution in [2.75, 3.05) is 14.7 Å². The average molecular weight is 701 g/mol. The Hall–Kier alpha value is -5.07.